The Hall–Kier alpha value is -2.83. The average Bonchev–Trinajstić information content (AvgIpc) is 3.18. The SMILES string of the molecule is O=C(O)/C=C/c1cc(F)c(C2C3=C(CC4(CC4)N2C2CCOC2)c2ccccc2C3)c(F)c1. The first-order valence-electron chi connectivity index (χ1n) is 11.5. The van der Waals surface area contributed by atoms with Crippen molar-refractivity contribution in [1.29, 1.82) is 0 Å². The molecule has 2 unspecified atom stereocenters. The Labute approximate surface area is 191 Å². The summed E-state index contributed by atoms with van der Waals surface area (Å²) in [6.45, 7) is 1.25. The summed E-state index contributed by atoms with van der Waals surface area (Å²) < 4.78 is 37.0. The number of carbonyl (C=O) groups is 1. The van der Waals surface area contributed by atoms with Crippen molar-refractivity contribution in [2.75, 3.05) is 13.2 Å². The largest absolute Gasteiger partial charge is 0.478 e. The zero-order valence-corrected chi connectivity index (χ0v) is 18.2. The molecule has 0 aromatic heterocycles. The molecule has 4 nitrogen and oxygen atoms in total. The van der Waals surface area contributed by atoms with E-state index in [0.717, 1.165) is 37.3 Å². The van der Waals surface area contributed by atoms with E-state index in [1.54, 1.807) is 0 Å². The molecule has 1 spiro atoms. The van der Waals surface area contributed by atoms with Crippen LogP contribution < -0.4 is 0 Å². The number of carboxylic acid groups (broad SMARTS) is 1. The third-order valence-corrected chi connectivity index (χ3v) is 7.69. The molecule has 4 aliphatic rings. The fourth-order valence-corrected chi connectivity index (χ4v) is 6.15. The molecule has 2 heterocycles. The summed E-state index contributed by atoms with van der Waals surface area (Å²) in [6, 6.07) is 10.4. The Morgan fingerprint density at radius 1 is 1.18 bits per heavy atom. The minimum Gasteiger partial charge on any atom is -0.478 e. The summed E-state index contributed by atoms with van der Waals surface area (Å²) in [5, 5.41) is 8.88. The van der Waals surface area contributed by atoms with Gasteiger partial charge in [0.15, 0.2) is 0 Å². The predicted octanol–water partition coefficient (Wildman–Crippen LogP) is 5.14. The van der Waals surface area contributed by atoms with Crippen LogP contribution in [0.25, 0.3) is 11.6 Å². The van der Waals surface area contributed by atoms with Gasteiger partial charge in [-0.15, -0.1) is 0 Å². The maximum atomic E-state index is 15.6. The Morgan fingerprint density at radius 2 is 1.94 bits per heavy atom. The lowest BCUT2D eigenvalue weighted by Gasteiger charge is -2.47. The van der Waals surface area contributed by atoms with Crippen molar-refractivity contribution in [2.24, 2.45) is 0 Å². The van der Waals surface area contributed by atoms with Crippen LogP contribution in [0.2, 0.25) is 0 Å². The lowest BCUT2D eigenvalue weighted by Crippen LogP contribution is -2.51. The minimum absolute atomic E-state index is 0.0701. The number of hydrogen-bond acceptors (Lipinski definition) is 3. The zero-order valence-electron chi connectivity index (χ0n) is 18.2. The fraction of sp³-hybridized carbons (Fsp3) is 0.370. The zero-order chi connectivity index (χ0) is 22.7. The van der Waals surface area contributed by atoms with Crippen LogP contribution in [0.15, 0.2) is 48.0 Å². The second-order valence-electron chi connectivity index (χ2n) is 9.64. The molecule has 0 bridgehead atoms. The normalized spacial score (nSPS) is 25.6. The molecule has 2 aliphatic heterocycles. The number of aliphatic carboxylic acids is 1. The average molecular weight is 449 g/mol. The van der Waals surface area contributed by atoms with Crippen molar-refractivity contribution >= 4 is 17.6 Å². The van der Waals surface area contributed by atoms with Gasteiger partial charge in [0.05, 0.1) is 12.6 Å². The van der Waals surface area contributed by atoms with E-state index in [1.807, 2.05) is 12.1 Å². The van der Waals surface area contributed by atoms with Gasteiger partial charge in [-0.2, -0.15) is 0 Å². The third kappa shape index (κ3) is 3.35. The number of benzene rings is 2. The van der Waals surface area contributed by atoms with Gasteiger partial charge < -0.3 is 9.84 Å². The summed E-state index contributed by atoms with van der Waals surface area (Å²) in [4.78, 5) is 13.2. The predicted molar refractivity (Wildman–Crippen MR) is 120 cm³/mol. The number of hydrogen-bond donors (Lipinski definition) is 1. The molecular weight excluding hydrogens is 424 g/mol. The number of nitrogens with zero attached hydrogens (tertiary/aromatic N) is 1. The van der Waals surface area contributed by atoms with E-state index in [1.165, 1.54) is 34.9 Å². The summed E-state index contributed by atoms with van der Waals surface area (Å²) in [5.41, 5.74) is 4.96. The highest BCUT2D eigenvalue weighted by atomic mass is 19.1. The number of ether oxygens (including phenoxy) is 1. The fourth-order valence-electron chi connectivity index (χ4n) is 6.15. The number of fused-ring (bicyclic) bond motifs is 2. The molecular formula is C27H25F2NO3. The van der Waals surface area contributed by atoms with Gasteiger partial charge in [0.2, 0.25) is 0 Å². The lowest BCUT2D eigenvalue weighted by atomic mass is 9.81. The highest BCUT2D eigenvalue weighted by Crippen LogP contribution is 2.61. The van der Waals surface area contributed by atoms with Crippen LogP contribution in [0.1, 0.15) is 54.0 Å². The molecule has 2 aromatic carbocycles. The molecule has 0 radical (unpaired) electrons. The molecule has 0 amide bonds. The Kier molecular flexibility index (Phi) is 4.78. The summed E-state index contributed by atoms with van der Waals surface area (Å²) in [7, 11) is 0. The van der Waals surface area contributed by atoms with E-state index in [9.17, 15) is 4.79 Å². The quantitative estimate of drug-likeness (QED) is 0.657. The number of carboxylic acids is 1. The molecule has 170 valence electrons. The smallest absolute Gasteiger partial charge is 0.328 e. The molecule has 2 aromatic rings. The second-order valence-corrected chi connectivity index (χ2v) is 9.64. The summed E-state index contributed by atoms with van der Waals surface area (Å²) >= 11 is 0. The van der Waals surface area contributed by atoms with Crippen LogP contribution in [-0.2, 0) is 16.0 Å². The molecule has 33 heavy (non-hydrogen) atoms. The Morgan fingerprint density at radius 3 is 2.61 bits per heavy atom. The van der Waals surface area contributed by atoms with Crippen LogP contribution in [0.4, 0.5) is 8.78 Å². The summed E-state index contributed by atoms with van der Waals surface area (Å²) in [5.74, 6) is -2.42. The van der Waals surface area contributed by atoms with E-state index < -0.39 is 23.6 Å². The molecule has 2 fully saturated rings. The van der Waals surface area contributed by atoms with E-state index >= 15 is 8.78 Å². The van der Waals surface area contributed by atoms with Crippen molar-refractivity contribution in [3.8, 4) is 0 Å². The molecule has 1 saturated carbocycles. The van der Waals surface area contributed by atoms with Gasteiger partial charge in [0.25, 0.3) is 0 Å². The van der Waals surface area contributed by atoms with Gasteiger partial charge in [-0.1, -0.05) is 24.3 Å². The Balaban J connectivity index is 1.52. The van der Waals surface area contributed by atoms with Gasteiger partial charge in [-0.3, -0.25) is 4.90 Å². The van der Waals surface area contributed by atoms with Crippen LogP contribution in [0.5, 0.6) is 0 Å². The first-order chi connectivity index (χ1) is 16.0. The van der Waals surface area contributed by atoms with Crippen molar-refractivity contribution in [3.63, 3.8) is 0 Å². The topological polar surface area (TPSA) is 49.8 Å². The van der Waals surface area contributed by atoms with Crippen molar-refractivity contribution < 1.29 is 23.4 Å². The van der Waals surface area contributed by atoms with Crippen molar-refractivity contribution in [2.45, 2.75) is 49.7 Å². The van der Waals surface area contributed by atoms with Gasteiger partial charge in [0.1, 0.15) is 11.6 Å². The first kappa shape index (κ1) is 20.8. The van der Waals surface area contributed by atoms with Crippen LogP contribution in [-0.4, -0.2) is 40.8 Å². The molecule has 6 heteroatoms. The van der Waals surface area contributed by atoms with E-state index in [-0.39, 0.29) is 22.7 Å². The monoisotopic (exact) mass is 449 g/mol. The molecule has 2 atom stereocenters. The first-order valence-corrected chi connectivity index (χ1v) is 11.5. The maximum absolute atomic E-state index is 15.6. The standard InChI is InChI=1S/C27H25F2NO3/c28-22-11-16(5-6-24(31)32)12-23(29)25(22)26-20-13-17-3-1-2-4-19(17)21(20)14-27(8-9-27)30(26)18-7-10-33-15-18/h1-6,11-12,18,26H,7-10,13-15H2,(H,31,32)/b6-5+. The second kappa shape index (κ2) is 7.61. The van der Waals surface area contributed by atoms with E-state index in [0.29, 0.717) is 19.6 Å². The molecule has 6 rings (SSSR count). The maximum Gasteiger partial charge on any atom is 0.328 e. The van der Waals surface area contributed by atoms with E-state index in [2.05, 4.69) is 17.0 Å². The van der Waals surface area contributed by atoms with Crippen LogP contribution in [0, 0.1) is 11.6 Å². The van der Waals surface area contributed by atoms with Crippen LogP contribution in [0.3, 0.4) is 0 Å². The van der Waals surface area contributed by atoms with E-state index in [4.69, 9.17) is 9.84 Å². The third-order valence-electron chi connectivity index (χ3n) is 7.69. The Bertz CT molecular complexity index is 1180. The molecule has 2 aliphatic carbocycles. The van der Waals surface area contributed by atoms with Crippen LogP contribution >= 0.6 is 0 Å². The van der Waals surface area contributed by atoms with Gasteiger partial charge >= 0.3 is 5.97 Å². The number of rotatable bonds is 4. The lowest BCUT2D eigenvalue weighted by molar-refractivity contribution is -0.131. The van der Waals surface area contributed by atoms with Crippen molar-refractivity contribution in [1.82, 2.24) is 4.90 Å². The van der Waals surface area contributed by atoms with Gasteiger partial charge in [-0.25, -0.2) is 13.6 Å². The highest BCUT2D eigenvalue weighted by Gasteiger charge is 2.58. The van der Waals surface area contributed by atoms with Gasteiger partial charge in [-0.05, 0) is 78.1 Å². The molecule has 1 N–H and O–H groups in total. The molecule has 1 saturated heterocycles. The summed E-state index contributed by atoms with van der Waals surface area (Å²) in [6.07, 6.45) is 6.61. The number of halogens is 2. The highest BCUT2D eigenvalue weighted by molar-refractivity contribution is 5.85. The van der Waals surface area contributed by atoms with Crippen molar-refractivity contribution in [3.05, 3.63) is 81.9 Å². The van der Waals surface area contributed by atoms with Gasteiger partial charge in [0, 0.05) is 29.8 Å². The minimum atomic E-state index is -1.16.